The minimum atomic E-state index is -0.214. The van der Waals surface area contributed by atoms with Crippen LogP contribution in [0.25, 0.3) is 0 Å². The second kappa shape index (κ2) is 4.31. The maximum absolute atomic E-state index is 12.7. The molecule has 0 bridgehead atoms. The minimum Gasteiger partial charge on any atom is -0.627 e. The van der Waals surface area contributed by atoms with Gasteiger partial charge >= 0.3 is 0 Å². The predicted octanol–water partition coefficient (Wildman–Crippen LogP) is 2.30. The van der Waals surface area contributed by atoms with Crippen LogP contribution < -0.4 is 4.65 Å². The molecule has 82 valence electrons. The van der Waals surface area contributed by atoms with Crippen LogP contribution in [0.15, 0.2) is 30.3 Å². The molecule has 1 atom stereocenters. The Hall–Kier alpha value is -0.900. The number of rotatable bonds is 5. The van der Waals surface area contributed by atoms with Crippen molar-refractivity contribution in [2.24, 2.45) is 0 Å². The number of nitrogens with zero attached hydrogens (tertiary/aromatic N) is 1. The standard InChI is InChI=1S/C12H17NO2/c1-15-10-9-13(14,12-7-8-12)11-5-3-2-4-6-11/h2-6,12H,7-10H2,1H3. The van der Waals surface area contributed by atoms with Gasteiger partial charge in [-0.15, -0.1) is 0 Å². The van der Waals surface area contributed by atoms with Crippen molar-refractivity contribution in [2.75, 3.05) is 20.3 Å². The molecule has 1 saturated carbocycles. The third-order valence-corrected chi connectivity index (χ3v) is 2.96. The van der Waals surface area contributed by atoms with Gasteiger partial charge in [-0.2, -0.15) is 0 Å². The third-order valence-electron chi connectivity index (χ3n) is 2.96. The fourth-order valence-electron chi connectivity index (χ4n) is 1.92. The summed E-state index contributed by atoms with van der Waals surface area (Å²) in [5, 5.41) is 12.7. The summed E-state index contributed by atoms with van der Waals surface area (Å²) in [5.41, 5.74) is 0.858. The Balaban J connectivity index is 2.18. The predicted molar refractivity (Wildman–Crippen MR) is 61.4 cm³/mol. The summed E-state index contributed by atoms with van der Waals surface area (Å²) in [4.78, 5) is 0. The average molecular weight is 207 g/mol. The van der Waals surface area contributed by atoms with Gasteiger partial charge in [0, 0.05) is 20.0 Å². The van der Waals surface area contributed by atoms with Crippen LogP contribution in [0.3, 0.4) is 0 Å². The monoisotopic (exact) mass is 207 g/mol. The number of methoxy groups -OCH3 is 1. The maximum Gasteiger partial charge on any atom is 0.133 e. The van der Waals surface area contributed by atoms with Gasteiger partial charge in [0.2, 0.25) is 0 Å². The Bertz CT molecular complexity index is 311. The lowest BCUT2D eigenvalue weighted by Gasteiger charge is -2.42. The highest BCUT2D eigenvalue weighted by Gasteiger charge is 2.39. The molecule has 1 aromatic carbocycles. The van der Waals surface area contributed by atoms with Crippen LogP contribution in [0.2, 0.25) is 0 Å². The molecular formula is C12H17NO2. The van der Waals surface area contributed by atoms with Gasteiger partial charge < -0.3 is 14.6 Å². The molecule has 1 unspecified atom stereocenters. The molecular weight excluding hydrogens is 190 g/mol. The number of quaternary nitrogens is 1. The molecule has 0 radical (unpaired) electrons. The van der Waals surface area contributed by atoms with Gasteiger partial charge in [0.1, 0.15) is 12.2 Å². The van der Waals surface area contributed by atoms with Gasteiger partial charge in [-0.1, -0.05) is 18.2 Å². The summed E-state index contributed by atoms with van der Waals surface area (Å²) >= 11 is 0. The minimum absolute atomic E-state index is 0.214. The van der Waals surface area contributed by atoms with E-state index in [2.05, 4.69) is 0 Å². The Kier molecular flexibility index (Phi) is 3.05. The molecule has 1 aliphatic rings. The van der Waals surface area contributed by atoms with E-state index in [4.69, 9.17) is 4.74 Å². The van der Waals surface area contributed by atoms with E-state index in [9.17, 15) is 5.21 Å². The number of para-hydroxylation sites is 1. The molecule has 3 heteroatoms. The van der Waals surface area contributed by atoms with E-state index in [-0.39, 0.29) is 10.7 Å². The first-order chi connectivity index (χ1) is 7.27. The largest absolute Gasteiger partial charge is 0.627 e. The lowest BCUT2D eigenvalue weighted by Crippen LogP contribution is -2.47. The fraction of sp³-hybridized carbons (Fsp3) is 0.500. The molecule has 0 heterocycles. The molecule has 0 aliphatic heterocycles. The van der Waals surface area contributed by atoms with Crippen LogP contribution in [0.5, 0.6) is 0 Å². The van der Waals surface area contributed by atoms with E-state index in [1.165, 1.54) is 0 Å². The number of hydrogen-bond acceptors (Lipinski definition) is 2. The Morgan fingerprint density at radius 3 is 2.53 bits per heavy atom. The molecule has 0 saturated heterocycles. The number of hydroxylamine groups is 2. The zero-order valence-corrected chi connectivity index (χ0v) is 9.06. The van der Waals surface area contributed by atoms with E-state index in [1.807, 2.05) is 30.3 Å². The molecule has 0 spiro atoms. The van der Waals surface area contributed by atoms with Crippen molar-refractivity contribution in [2.45, 2.75) is 18.9 Å². The Morgan fingerprint density at radius 2 is 2.00 bits per heavy atom. The van der Waals surface area contributed by atoms with E-state index in [0.29, 0.717) is 13.2 Å². The van der Waals surface area contributed by atoms with Gasteiger partial charge in [0.05, 0.1) is 12.6 Å². The zero-order valence-electron chi connectivity index (χ0n) is 9.06. The van der Waals surface area contributed by atoms with E-state index < -0.39 is 0 Å². The number of hydrogen-bond donors (Lipinski definition) is 0. The van der Waals surface area contributed by atoms with Crippen LogP contribution in [-0.2, 0) is 4.74 Å². The van der Waals surface area contributed by atoms with Crippen LogP contribution in [-0.4, -0.2) is 26.3 Å². The molecule has 0 amide bonds. The molecule has 15 heavy (non-hydrogen) atoms. The average Bonchev–Trinajstić information content (AvgIpc) is 3.11. The highest BCUT2D eigenvalue weighted by atomic mass is 16.6. The highest BCUT2D eigenvalue weighted by Crippen LogP contribution is 2.37. The first-order valence-corrected chi connectivity index (χ1v) is 5.40. The maximum atomic E-state index is 12.7. The topological polar surface area (TPSA) is 32.3 Å². The van der Waals surface area contributed by atoms with E-state index >= 15 is 0 Å². The van der Waals surface area contributed by atoms with E-state index in [0.717, 1.165) is 18.5 Å². The summed E-state index contributed by atoms with van der Waals surface area (Å²) in [6.07, 6.45) is 2.09. The van der Waals surface area contributed by atoms with Crippen molar-refractivity contribution >= 4 is 5.69 Å². The van der Waals surface area contributed by atoms with Crippen molar-refractivity contribution in [1.82, 2.24) is 4.65 Å². The molecule has 0 aromatic heterocycles. The zero-order chi connectivity index (χ0) is 10.7. The van der Waals surface area contributed by atoms with Crippen molar-refractivity contribution in [3.63, 3.8) is 0 Å². The fourth-order valence-corrected chi connectivity index (χ4v) is 1.92. The number of ether oxygens (including phenoxy) is 1. The summed E-state index contributed by atoms with van der Waals surface area (Å²) in [7, 11) is 1.64. The van der Waals surface area contributed by atoms with Crippen molar-refractivity contribution < 1.29 is 4.74 Å². The second-order valence-corrected chi connectivity index (χ2v) is 4.08. The second-order valence-electron chi connectivity index (χ2n) is 4.08. The molecule has 3 nitrogen and oxygen atoms in total. The molecule has 1 fully saturated rings. The summed E-state index contributed by atoms with van der Waals surface area (Å²) in [5.74, 6) is 0. The van der Waals surface area contributed by atoms with Gasteiger partial charge in [0.15, 0.2) is 0 Å². The van der Waals surface area contributed by atoms with Gasteiger partial charge in [-0.25, -0.2) is 0 Å². The highest BCUT2D eigenvalue weighted by molar-refractivity contribution is 5.45. The molecule has 0 N–H and O–H groups in total. The van der Waals surface area contributed by atoms with Crippen LogP contribution in [0.4, 0.5) is 5.69 Å². The van der Waals surface area contributed by atoms with Gasteiger partial charge in [-0.05, 0) is 12.1 Å². The molecule has 2 rings (SSSR count). The quantitative estimate of drug-likeness (QED) is 0.548. The van der Waals surface area contributed by atoms with E-state index in [1.54, 1.807) is 7.11 Å². The van der Waals surface area contributed by atoms with Crippen LogP contribution >= 0.6 is 0 Å². The van der Waals surface area contributed by atoms with Crippen molar-refractivity contribution in [1.29, 1.82) is 0 Å². The van der Waals surface area contributed by atoms with Gasteiger partial charge in [0.25, 0.3) is 0 Å². The third kappa shape index (κ3) is 2.20. The lowest BCUT2D eigenvalue weighted by molar-refractivity contribution is 0.167. The first-order valence-electron chi connectivity index (χ1n) is 5.40. The van der Waals surface area contributed by atoms with Gasteiger partial charge in [-0.3, -0.25) is 0 Å². The summed E-state index contributed by atoms with van der Waals surface area (Å²) in [6.45, 7) is 1.04. The summed E-state index contributed by atoms with van der Waals surface area (Å²) in [6, 6.07) is 9.88. The lowest BCUT2D eigenvalue weighted by atomic mass is 10.2. The Morgan fingerprint density at radius 1 is 1.33 bits per heavy atom. The first kappa shape index (κ1) is 10.6. The number of benzene rings is 1. The van der Waals surface area contributed by atoms with Crippen molar-refractivity contribution in [3.05, 3.63) is 35.5 Å². The van der Waals surface area contributed by atoms with Crippen LogP contribution in [0.1, 0.15) is 12.8 Å². The van der Waals surface area contributed by atoms with Crippen LogP contribution in [0, 0.1) is 5.21 Å². The smallest absolute Gasteiger partial charge is 0.133 e. The summed E-state index contributed by atoms with van der Waals surface area (Å²) < 4.78 is 4.81. The van der Waals surface area contributed by atoms with Crippen molar-refractivity contribution in [3.8, 4) is 0 Å². The normalized spacial score (nSPS) is 19.9. The SMILES string of the molecule is COCC[N+]([O-])(c1ccccc1)C1CC1. The Labute approximate surface area is 90.4 Å². The molecule has 1 aliphatic carbocycles. The molecule has 1 aromatic rings.